The van der Waals surface area contributed by atoms with Gasteiger partial charge < -0.3 is 9.84 Å². The Morgan fingerprint density at radius 3 is 2.86 bits per heavy atom. The maximum absolute atomic E-state index is 10.6. The molecule has 0 spiro atoms. The van der Waals surface area contributed by atoms with Crippen molar-refractivity contribution in [2.45, 2.75) is 6.61 Å². The van der Waals surface area contributed by atoms with Crippen LogP contribution in [0.3, 0.4) is 0 Å². The number of ether oxygens (including phenoxy) is 1. The minimum atomic E-state index is -1.00. The number of rotatable bonds is 4. The van der Waals surface area contributed by atoms with E-state index in [2.05, 4.69) is 6.58 Å². The Morgan fingerprint density at radius 2 is 2.29 bits per heavy atom. The summed E-state index contributed by atoms with van der Waals surface area (Å²) in [6.07, 6.45) is 0. The lowest BCUT2D eigenvalue weighted by Crippen LogP contribution is -1.98. The van der Waals surface area contributed by atoms with Gasteiger partial charge >= 0.3 is 5.97 Å². The van der Waals surface area contributed by atoms with Crippen LogP contribution in [0.5, 0.6) is 0 Å². The van der Waals surface area contributed by atoms with Crippen molar-refractivity contribution >= 4 is 11.5 Å². The molecule has 0 fully saturated rings. The molecule has 1 N–H and O–H groups in total. The van der Waals surface area contributed by atoms with Gasteiger partial charge in [-0.1, -0.05) is 24.8 Å². The molecule has 0 aliphatic heterocycles. The molecule has 0 aliphatic carbocycles. The number of carboxylic acid groups (broad SMARTS) is 1. The van der Waals surface area contributed by atoms with Crippen molar-refractivity contribution in [2.75, 3.05) is 7.11 Å². The molecule has 0 heterocycles. The van der Waals surface area contributed by atoms with Crippen LogP contribution in [-0.4, -0.2) is 18.2 Å². The summed E-state index contributed by atoms with van der Waals surface area (Å²) >= 11 is 0. The Bertz CT molecular complexity index is 355. The second-order valence-corrected chi connectivity index (χ2v) is 2.92. The summed E-state index contributed by atoms with van der Waals surface area (Å²) in [4.78, 5) is 10.6. The molecule has 0 saturated carbocycles. The summed E-state index contributed by atoms with van der Waals surface area (Å²) in [7, 11) is 1.60. The van der Waals surface area contributed by atoms with Crippen LogP contribution in [0.15, 0.2) is 30.8 Å². The average molecular weight is 192 g/mol. The summed E-state index contributed by atoms with van der Waals surface area (Å²) in [5, 5.41) is 8.73. The van der Waals surface area contributed by atoms with E-state index in [1.54, 1.807) is 25.3 Å². The molecule has 1 aromatic carbocycles. The topological polar surface area (TPSA) is 46.5 Å². The predicted molar refractivity (Wildman–Crippen MR) is 53.8 cm³/mol. The van der Waals surface area contributed by atoms with E-state index in [1.165, 1.54) is 0 Å². The largest absolute Gasteiger partial charge is 0.478 e. The molecule has 0 saturated heterocycles. The van der Waals surface area contributed by atoms with Gasteiger partial charge in [-0.15, -0.1) is 0 Å². The third-order valence-electron chi connectivity index (χ3n) is 1.84. The van der Waals surface area contributed by atoms with Gasteiger partial charge in [0.15, 0.2) is 0 Å². The van der Waals surface area contributed by atoms with Gasteiger partial charge in [0.1, 0.15) is 0 Å². The molecule has 1 rings (SSSR count). The normalized spacial score (nSPS) is 9.79. The quantitative estimate of drug-likeness (QED) is 0.741. The number of hydrogen-bond acceptors (Lipinski definition) is 2. The van der Waals surface area contributed by atoms with E-state index in [1.807, 2.05) is 6.07 Å². The molecular formula is C11H12O3. The number of benzene rings is 1. The van der Waals surface area contributed by atoms with Gasteiger partial charge in [-0.3, -0.25) is 0 Å². The Labute approximate surface area is 82.6 Å². The monoisotopic (exact) mass is 192 g/mol. The Morgan fingerprint density at radius 1 is 1.57 bits per heavy atom. The van der Waals surface area contributed by atoms with E-state index < -0.39 is 5.97 Å². The Kier molecular flexibility index (Phi) is 3.42. The molecule has 1 aromatic rings. The highest BCUT2D eigenvalue weighted by Crippen LogP contribution is 2.14. The molecule has 0 radical (unpaired) electrons. The fraction of sp³-hybridized carbons (Fsp3) is 0.182. The fourth-order valence-electron chi connectivity index (χ4n) is 1.14. The predicted octanol–water partition coefficient (Wildman–Crippen LogP) is 1.93. The van der Waals surface area contributed by atoms with Gasteiger partial charge in [0.2, 0.25) is 0 Å². The summed E-state index contributed by atoms with van der Waals surface area (Å²) in [6, 6.07) is 7.15. The minimum absolute atomic E-state index is 0.1000. The van der Waals surface area contributed by atoms with Gasteiger partial charge in [0.05, 0.1) is 12.2 Å². The Balaban J connectivity index is 2.93. The lowest BCUT2D eigenvalue weighted by Gasteiger charge is -2.03. The summed E-state index contributed by atoms with van der Waals surface area (Å²) in [5.74, 6) is -1.00. The maximum Gasteiger partial charge on any atom is 0.335 e. The van der Waals surface area contributed by atoms with Gasteiger partial charge in [-0.2, -0.15) is 0 Å². The lowest BCUT2D eigenvalue weighted by atomic mass is 10.1. The number of carbonyl (C=O) groups is 1. The second kappa shape index (κ2) is 4.58. The van der Waals surface area contributed by atoms with E-state index in [0.717, 1.165) is 5.56 Å². The minimum Gasteiger partial charge on any atom is -0.478 e. The van der Waals surface area contributed by atoms with E-state index in [0.29, 0.717) is 12.2 Å². The van der Waals surface area contributed by atoms with E-state index >= 15 is 0 Å². The zero-order valence-corrected chi connectivity index (χ0v) is 7.99. The number of carboxylic acids is 1. The first-order valence-corrected chi connectivity index (χ1v) is 4.15. The summed E-state index contributed by atoms with van der Waals surface area (Å²) in [5.41, 5.74) is 1.66. The zero-order valence-electron chi connectivity index (χ0n) is 7.99. The zero-order chi connectivity index (χ0) is 10.6. The standard InChI is InChI=1S/C11H12O3/c1-8(11(12)13)10-5-3-4-9(6-10)7-14-2/h3-6H,1,7H2,2H3,(H,12,13). The average Bonchev–Trinajstić information content (AvgIpc) is 2.17. The highest BCUT2D eigenvalue weighted by Gasteiger charge is 2.06. The first kappa shape index (κ1) is 10.5. The highest BCUT2D eigenvalue weighted by atomic mass is 16.5. The molecule has 0 unspecified atom stereocenters. The molecule has 14 heavy (non-hydrogen) atoms. The van der Waals surface area contributed by atoms with E-state index in [9.17, 15) is 4.79 Å². The van der Waals surface area contributed by atoms with Crippen LogP contribution in [0.2, 0.25) is 0 Å². The number of methoxy groups -OCH3 is 1. The number of aliphatic carboxylic acids is 1. The summed E-state index contributed by atoms with van der Waals surface area (Å²) in [6.45, 7) is 3.96. The molecule has 0 aromatic heterocycles. The van der Waals surface area contributed by atoms with Crippen LogP contribution in [0.1, 0.15) is 11.1 Å². The van der Waals surface area contributed by atoms with Crippen LogP contribution in [0.25, 0.3) is 5.57 Å². The maximum atomic E-state index is 10.6. The Hall–Kier alpha value is -1.61. The van der Waals surface area contributed by atoms with E-state index in [4.69, 9.17) is 9.84 Å². The molecular weight excluding hydrogens is 180 g/mol. The molecule has 0 bridgehead atoms. The fourth-order valence-corrected chi connectivity index (χ4v) is 1.14. The van der Waals surface area contributed by atoms with Crippen molar-refractivity contribution in [3.63, 3.8) is 0 Å². The van der Waals surface area contributed by atoms with Crippen molar-refractivity contribution in [1.29, 1.82) is 0 Å². The van der Waals surface area contributed by atoms with Crippen LogP contribution in [0, 0.1) is 0 Å². The smallest absolute Gasteiger partial charge is 0.335 e. The van der Waals surface area contributed by atoms with E-state index in [-0.39, 0.29) is 5.57 Å². The van der Waals surface area contributed by atoms with Crippen LogP contribution < -0.4 is 0 Å². The molecule has 0 amide bonds. The molecule has 3 heteroatoms. The first-order chi connectivity index (χ1) is 6.65. The van der Waals surface area contributed by atoms with Crippen molar-refractivity contribution in [1.82, 2.24) is 0 Å². The second-order valence-electron chi connectivity index (χ2n) is 2.92. The molecule has 74 valence electrons. The lowest BCUT2D eigenvalue weighted by molar-refractivity contribution is -0.130. The van der Waals surface area contributed by atoms with Crippen molar-refractivity contribution in [2.24, 2.45) is 0 Å². The van der Waals surface area contributed by atoms with Crippen molar-refractivity contribution < 1.29 is 14.6 Å². The third kappa shape index (κ3) is 2.44. The third-order valence-corrected chi connectivity index (χ3v) is 1.84. The molecule has 0 atom stereocenters. The van der Waals surface area contributed by atoms with Gasteiger partial charge in [0.25, 0.3) is 0 Å². The van der Waals surface area contributed by atoms with Crippen LogP contribution in [-0.2, 0) is 16.1 Å². The van der Waals surface area contributed by atoms with Gasteiger partial charge in [-0.25, -0.2) is 4.79 Å². The SMILES string of the molecule is C=C(C(=O)O)c1cccc(COC)c1. The van der Waals surface area contributed by atoms with Crippen molar-refractivity contribution in [3.05, 3.63) is 42.0 Å². The molecule has 3 nitrogen and oxygen atoms in total. The van der Waals surface area contributed by atoms with Crippen LogP contribution in [0.4, 0.5) is 0 Å². The van der Waals surface area contributed by atoms with Crippen molar-refractivity contribution in [3.8, 4) is 0 Å². The first-order valence-electron chi connectivity index (χ1n) is 4.15. The van der Waals surface area contributed by atoms with Crippen LogP contribution >= 0.6 is 0 Å². The highest BCUT2D eigenvalue weighted by molar-refractivity contribution is 6.14. The van der Waals surface area contributed by atoms with Gasteiger partial charge in [0, 0.05) is 7.11 Å². The molecule has 0 aliphatic rings. The number of hydrogen-bond donors (Lipinski definition) is 1. The van der Waals surface area contributed by atoms with Gasteiger partial charge in [-0.05, 0) is 17.2 Å². The summed E-state index contributed by atoms with van der Waals surface area (Å²) < 4.78 is 4.95.